The Hall–Kier alpha value is -0.450. The molecule has 1 aromatic rings. The van der Waals surface area contributed by atoms with Gasteiger partial charge in [0.25, 0.3) is 0 Å². The first kappa shape index (κ1) is 12.0. The first-order valence-corrected chi connectivity index (χ1v) is 6.89. The second-order valence-electron chi connectivity index (χ2n) is 4.62. The number of likely N-dealkylation sites (N-methyl/N-ethyl adjacent to an activating group) is 2. The van der Waals surface area contributed by atoms with E-state index < -0.39 is 0 Å². The molecule has 3 nitrogen and oxygen atoms in total. The second-order valence-corrected chi connectivity index (χ2v) is 5.77. The van der Waals surface area contributed by atoms with Gasteiger partial charge in [0.15, 0.2) is 0 Å². The van der Waals surface area contributed by atoms with Crippen LogP contribution in [0.2, 0.25) is 0 Å². The van der Waals surface area contributed by atoms with Crippen molar-refractivity contribution >= 4 is 11.3 Å². The van der Waals surface area contributed by atoms with E-state index in [0.717, 1.165) is 13.0 Å². The van der Waals surface area contributed by atoms with Gasteiger partial charge in [0.1, 0.15) is 0 Å². The third kappa shape index (κ3) is 3.03. The number of aromatic nitrogens is 1. The number of hydrogen-bond acceptors (Lipinski definition) is 4. The van der Waals surface area contributed by atoms with E-state index in [-0.39, 0.29) is 0 Å². The molecule has 2 rings (SSSR count). The Morgan fingerprint density at radius 3 is 3.25 bits per heavy atom. The van der Waals surface area contributed by atoms with Gasteiger partial charge in [-0.2, -0.15) is 0 Å². The molecule has 1 aliphatic rings. The predicted octanol–water partition coefficient (Wildman–Crippen LogP) is 1.71. The highest BCUT2D eigenvalue weighted by Crippen LogP contribution is 2.29. The fraction of sp³-hybridized carbons (Fsp3) is 0.750. The van der Waals surface area contributed by atoms with Crippen molar-refractivity contribution in [2.45, 2.75) is 25.2 Å². The molecule has 16 heavy (non-hydrogen) atoms. The van der Waals surface area contributed by atoms with Crippen molar-refractivity contribution in [3.63, 3.8) is 0 Å². The molecule has 0 amide bonds. The topological polar surface area (TPSA) is 28.2 Å². The van der Waals surface area contributed by atoms with Gasteiger partial charge in [-0.15, -0.1) is 11.3 Å². The molecule has 4 heteroatoms. The zero-order valence-corrected chi connectivity index (χ0v) is 11.0. The maximum Gasteiger partial charge on any atom is 0.0971 e. The number of rotatable bonds is 4. The molecule has 0 bridgehead atoms. The van der Waals surface area contributed by atoms with E-state index in [9.17, 15) is 0 Å². The Labute approximate surface area is 102 Å². The smallest absolute Gasteiger partial charge is 0.0971 e. The summed E-state index contributed by atoms with van der Waals surface area (Å²) in [5, 5.41) is 4.53. The summed E-state index contributed by atoms with van der Waals surface area (Å²) in [6.07, 6.45) is 5.79. The van der Waals surface area contributed by atoms with Crippen LogP contribution in [0, 0.1) is 0 Å². The van der Waals surface area contributed by atoms with Crippen LogP contribution < -0.4 is 5.32 Å². The Morgan fingerprint density at radius 1 is 1.62 bits per heavy atom. The van der Waals surface area contributed by atoms with Gasteiger partial charge in [0.2, 0.25) is 0 Å². The quantitative estimate of drug-likeness (QED) is 0.867. The zero-order chi connectivity index (χ0) is 11.4. The third-order valence-corrected chi connectivity index (χ3v) is 4.39. The van der Waals surface area contributed by atoms with Crippen LogP contribution in [0.25, 0.3) is 0 Å². The van der Waals surface area contributed by atoms with E-state index in [4.69, 9.17) is 0 Å². The van der Waals surface area contributed by atoms with Gasteiger partial charge < -0.3 is 10.2 Å². The minimum Gasteiger partial charge on any atom is -0.319 e. The van der Waals surface area contributed by atoms with Gasteiger partial charge >= 0.3 is 0 Å². The predicted molar refractivity (Wildman–Crippen MR) is 69.2 cm³/mol. The summed E-state index contributed by atoms with van der Waals surface area (Å²) in [5.74, 6) is 0.673. The Balaban J connectivity index is 1.95. The zero-order valence-electron chi connectivity index (χ0n) is 10.2. The summed E-state index contributed by atoms with van der Waals surface area (Å²) in [7, 11) is 4.21. The lowest BCUT2D eigenvalue weighted by atomic mass is 9.99. The highest BCUT2D eigenvalue weighted by atomic mass is 32.1. The maximum atomic E-state index is 4.59. The van der Waals surface area contributed by atoms with Crippen molar-refractivity contribution in [3.05, 3.63) is 16.1 Å². The van der Waals surface area contributed by atoms with Crippen LogP contribution in [0.5, 0.6) is 0 Å². The largest absolute Gasteiger partial charge is 0.319 e. The molecule has 0 aliphatic carbocycles. The van der Waals surface area contributed by atoms with Crippen molar-refractivity contribution in [2.24, 2.45) is 0 Å². The molecule has 1 saturated heterocycles. The van der Waals surface area contributed by atoms with Gasteiger partial charge in [0, 0.05) is 23.5 Å². The highest BCUT2D eigenvalue weighted by Gasteiger charge is 2.21. The Bertz CT molecular complexity index is 324. The summed E-state index contributed by atoms with van der Waals surface area (Å²) in [6.45, 7) is 3.47. The first-order valence-electron chi connectivity index (χ1n) is 6.07. The molecule has 0 spiro atoms. The standard InChI is InChI=1S/C12H21N3S/c1-13-6-5-11-8-14-12(16-11)10-4-3-7-15(2)9-10/h8,10,13H,3-7,9H2,1-2H3. The summed E-state index contributed by atoms with van der Waals surface area (Å²) in [6, 6.07) is 0. The summed E-state index contributed by atoms with van der Waals surface area (Å²) < 4.78 is 0. The van der Waals surface area contributed by atoms with Crippen molar-refractivity contribution in [1.82, 2.24) is 15.2 Å². The number of nitrogens with zero attached hydrogens (tertiary/aromatic N) is 2. The molecule has 0 radical (unpaired) electrons. The lowest BCUT2D eigenvalue weighted by Gasteiger charge is -2.28. The monoisotopic (exact) mass is 239 g/mol. The molecule has 1 aromatic heterocycles. The number of likely N-dealkylation sites (tertiary alicyclic amines) is 1. The molecule has 1 fully saturated rings. The summed E-state index contributed by atoms with van der Waals surface area (Å²) in [5.41, 5.74) is 0. The van der Waals surface area contributed by atoms with Gasteiger partial charge in [-0.05, 0) is 46.4 Å². The number of nitrogens with one attached hydrogen (secondary N) is 1. The van der Waals surface area contributed by atoms with Crippen LogP contribution in [0.4, 0.5) is 0 Å². The van der Waals surface area contributed by atoms with Crippen LogP contribution in [-0.4, -0.2) is 43.6 Å². The normalized spacial score (nSPS) is 22.5. The Kier molecular flexibility index (Phi) is 4.32. The molecule has 90 valence electrons. The molecular weight excluding hydrogens is 218 g/mol. The SMILES string of the molecule is CNCCc1cnc(C2CCCN(C)C2)s1. The molecule has 1 aliphatic heterocycles. The van der Waals surface area contributed by atoms with Crippen LogP contribution in [0.1, 0.15) is 28.6 Å². The van der Waals surface area contributed by atoms with Gasteiger partial charge in [-0.1, -0.05) is 0 Å². The van der Waals surface area contributed by atoms with Crippen molar-refractivity contribution in [1.29, 1.82) is 0 Å². The lowest BCUT2D eigenvalue weighted by molar-refractivity contribution is 0.250. The van der Waals surface area contributed by atoms with Crippen LogP contribution in [-0.2, 0) is 6.42 Å². The van der Waals surface area contributed by atoms with Crippen molar-refractivity contribution in [3.8, 4) is 0 Å². The summed E-state index contributed by atoms with van der Waals surface area (Å²) >= 11 is 1.90. The van der Waals surface area contributed by atoms with Crippen LogP contribution in [0.15, 0.2) is 6.20 Å². The van der Waals surface area contributed by atoms with E-state index in [1.54, 1.807) is 0 Å². The van der Waals surface area contributed by atoms with E-state index in [1.165, 1.54) is 35.8 Å². The fourth-order valence-corrected chi connectivity index (χ4v) is 3.29. The molecule has 2 heterocycles. The third-order valence-electron chi connectivity index (χ3n) is 3.17. The van der Waals surface area contributed by atoms with Gasteiger partial charge in [0.05, 0.1) is 5.01 Å². The van der Waals surface area contributed by atoms with E-state index in [2.05, 4.69) is 28.4 Å². The maximum absolute atomic E-state index is 4.59. The first-order chi connectivity index (χ1) is 7.79. The second kappa shape index (κ2) is 5.75. The molecule has 0 saturated carbocycles. The number of thiazole rings is 1. The van der Waals surface area contributed by atoms with Crippen molar-refractivity contribution in [2.75, 3.05) is 33.7 Å². The molecular formula is C12H21N3S. The van der Waals surface area contributed by atoms with Gasteiger partial charge in [-0.3, -0.25) is 0 Å². The minimum absolute atomic E-state index is 0.673. The molecule has 1 atom stereocenters. The van der Waals surface area contributed by atoms with Gasteiger partial charge in [-0.25, -0.2) is 4.98 Å². The van der Waals surface area contributed by atoms with Crippen LogP contribution >= 0.6 is 11.3 Å². The number of piperidine rings is 1. The molecule has 0 aromatic carbocycles. The highest BCUT2D eigenvalue weighted by molar-refractivity contribution is 7.11. The fourth-order valence-electron chi connectivity index (χ4n) is 2.24. The minimum atomic E-state index is 0.673. The van der Waals surface area contributed by atoms with E-state index in [1.807, 2.05) is 18.4 Å². The van der Waals surface area contributed by atoms with E-state index >= 15 is 0 Å². The Morgan fingerprint density at radius 2 is 2.50 bits per heavy atom. The molecule has 1 N–H and O–H groups in total. The lowest BCUT2D eigenvalue weighted by Crippen LogP contribution is -2.30. The average Bonchev–Trinajstić information content (AvgIpc) is 2.75. The van der Waals surface area contributed by atoms with Crippen LogP contribution in [0.3, 0.4) is 0 Å². The van der Waals surface area contributed by atoms with Crippen molar-refractivity contribution < 1.29 is 0 Å². The van der Waals surface area contributed by atoms with E-state index in [0.29, 0.717) is 5.92 Å². The molecule has 1 unspecified atom stereocenters. The average molecular weight is 239 g/mol. The number of hydrogen-bond donors (Lipinski definition) is 1. The summed E-state index contributed by atoms with van der Waals surface area (Å²) in [4.78, 5) is 8.43.